The van der Waals surface area contributed by atoms with Crippen LogP contribution in [0.25, 0.3) is 0 Å². The Balaban J connectivity index is 1.96. The van der Waals surface area contributed by atoms with Gasteiger partial charge in [-0.1, -0.05) is 18.2 Å². The van der Waals surface area contributed by atoms with Crippen LogP contribution >= 0.6 is 0 Å². The highest BCUT2D eigenvalue weighted by Gasteiger charge is 2.25. The lowest BCUT2D eigenvalue weighted by Gasteiger charge is -2.18. The first-order valence-corrected chi connectivity index (χ1v) is 6.53. The molecule has 1 heterocycles. The van der Waals surface area contributed by atoms with Gasteiger partial charge in [-0.25, -0.2) is 0 Å². The number of rotatable bonds is 3. The number of aliphatic hydroxyl groups is 1. The summed E-state index contributed by atoms with van der Waals surface area (Å²) in [7, 11) is 0. The molecule has 1 aromatic carbocycles. The van der Waals surface area contributed by atoms with Crippen molar-refractivity contribution in [1.29, 1.82) is 0 Å². The highest BCUT2D eigenvalue weighted by molar-refractivity contribution is 5.29. The van der Waals surface area contributed by atoms with Crippen LogP contribution in [0, 0.1) is 19.8 Å². The minimum absolute atomic E-state index is 0.167. The van der Waals surface area contributed by atoms with E-state index < -0.39 is 0 Å². The van der Waals surface area contributed by atoms with Crippen molar-refractivity contribution in [3.05, 3.63) is 34.9 Å². The lowest BCUT2D eigenvalue weighted by molar-refractivity contribution is 0.127. The molecule has 2 nitrogen and oxygen atoms in total. The molecule has 0 aliphatic carbocycles. The second-order valence-electron chi connectivity index (χ2n) is 5.44. The van der Waals surface area contributed by atoms with Gasteiger partial charge in [0, 0.05) is 13.1 Å². The third kappa shape index (κ3) is 3.08. The first kappa shape index (κ1) is 12.6. The molecule has 2 rings (SSSR count). The zero-order valence-electron chi connectivity index (χ0n) is 11.1. The van der Waals surface area contributed by atoms with E-state index in [4.69, 9.17) is 0 Å². The molecule has 0 radical (unpaired) electrons. The number of nitrogens with zero attached hydrogens (tertiary/aromatic N) is 1. The van der Waals surface area contributed by atoms with Crippen molar-refractivity contribution < 1.29 is 5.11 Å². The van der Waals surface area contributed by atoms with Crippen molar-refractivity contribution in [2.45, 2.75) is 39.8 Å². The lowest BCUT2D eigenvalue weighted by Crippen LogP contribution is -2.24. The van der Waals surface area contributed by atoms with Crippen molar-refractivity contribution in [3.8, 4) is 0 Å². The van der Waals surface area contributed by atoms with E-state index in [2.05, 4.69) is 36.9 Å². The summed E-state index contributed by atoms with van der Waals surface area (Å²) in [5, 5.41) is 9.59. The van der Waals surface area contributed by atoms with Crippen LogP contribution in [0.3, 0.4) is 0 Å². The second-order valence-corrected chi connectivity index (χ2v) is 5.44. The molecule has 1 fully saturated rings. The number of aliphatic hydroxyl groups excluding tert-OH is 1. The number of hydrogen-bond acceptors (Lipinski definition) is 2. The molecule has 0 aromatic heterocycles. The maximum Gasteiger partial charge on any atom is 0.0552 e. The van der Waals surface area contributed by atoms with Gasteiger partial charge in [-0.3, -0.25) is 4.90 Å². The van der Waals surface area contributed by atoms with Crippen molar-refractivity contribution in [1.82, 2.24) is 4.90 Å². The van der Waals surface area contributed by atoms with Crippen LogP contribution in [0.5, 0.6) is 0 Å². The Morgan fingerprint density at radius 2 is 2.12 bits per heavy atom. The molecule has 1 aromatic rings. The number of benzene rings is 1. The predicted octanol–water partition coefficient (Wildman–Crippen LogP) is 2.51. The zero-order chi connectivity index (χ0) is 12.4. The minimum atomic E-state index is -0.167. The summed E-state index contributed by atoms with van der Waals surface area (Å²) in [6, 6.07) is 6.70. The average Bonchev–Trinajstić information content (AvgIpc) is 2.72. The molecule has 0 bridgehead atoms. The van der Waals surface area contributed by atoms with E-state index in [-0.39, 0.29) is 6.10 Å². The Kier molecular flexibility index (Phi) is 3.85. The number of aryl methyl sites for hydroxylation is 2. The summed E-state index contributed by atoms with van der Waals surface area (Å²) < 4.78 is 0. The van der Waals surface area contributed by atoms with E-state index in [9.17, 15) is 5.11 Å². The van der Waals surface area contributed by atoms with Crippen LogP contribution in [-0.2, 0) is 6.54 Å². The highest BCUT2D eigenvalue weighted by Crippen LogP contribution is 2.22. The third-order valence-corrected chi connectivity index (χ3v) is 3.97. The van der Waals surface area contributed by atoms with Gasteiger partial charge >= 0.3 is 0 Å². The van der Waals surface area contributed by atoms with Gasteiger partial charge < -0.3 is 5.11 Å². The molecule has 2 unspecified atom stereocenters. The van der Waals surface area contributed by atoms with E-state index in [1.165, 1.54) is 16.7 Å². The van der Waals surface area contributed by atoms with Crippen molar-refractivity contribution in [2.75, 3.05) is 13.1 Å². The van der Waals surface area contributed by atoms with Gasteiger partial charge in [-0.2, -0.15) is 0 Å². The maximum atomic E-state index is 9.59. The summed E-state index contributed by atoms with van der Waals surface area (Å²) in [4.78, 5) is 2.45. The first-order valence-electron chi connectivity index (χ1n) is 6.53. The molecule has 1 saturated heterocycles. The molecule has 94 valence electrons. The van der Waals surface area contributed by atoms with Crippen LogP contribution < -0.4 is 0 Å². The SMILES string of the molecule is Cc1ccc(CN2CCC(C(C)O)C2)cc1C. The van der Waals surface area contributed by atoms with Crippen molar-refractivity contribution in [2.24, 2.45) is 5.92 Å². The summed E-state index contributed by atoms with van der Waals surface area (Å²) in [5.74, 6) is 0.460. The van der Waals surface area contributed by atoms with Crippen molar-refractivity contribution in [3.63, 3.8) is 0 Å². The molecule has 1 N–H and O–H groups in total. The number of likely N-dealkylation sites (tertiary alicyclic amines) is 1. The molecule has 0 saturated carbocycles. The van der Waals surface area contributed by atoms with E-state index in [0.29, 0.717) is 5.92 Å². The summed E-state index contributed by atoms with van der Waals surface area (Å²) in [6.07, 6.45) is 0.961. The van der Waals surface area contributed by atoms with Crippen LogP contribution in [0.4, 0.5) is 0 Å². The monoisotopic (exact) mass is 233 g/mol. The molecule has 1 aliphatic rings. The molecule has 2 atom stereocenters. The molecular weight excluding hydrogens is 210 g/mol. The smallest absolute Gasteiger partial charge is 0.0552 e. The highest BCUT2D eigenvalue weighted by atomic mass is 16.3. The van der Waals surface area contributed by atoms with Gasteiger partial charge in [-0.05, 0) is 56.3 Å². The van der Waals surface area contributed by atoms with Gasteiger partial charge in [0.2, 0.25) is 0 Å². The third-order valence-electron chi connectivity index (χ3n) is 3.97. The van der Waals surface area contributed by atoms with E-state index in [0.717, 1.165) is 26.1 Å². The molecule has 0 spiro atoms. The van der Waals surface area contributed by atoms with Gasteiger partial charge in [-0.15, -0.1) is 0 Å². The van der Waals surface area contributed by atoms with E-state index >= 15 is 0 Å². The fourth-order valence-corrected chi connectivity index (χ4v) is 2.56. The van der Waals surface area contributed by atoms with Gasteiger partial charge in [0.05, 0.1) is 6.10 Å². The number of hydrogen-bond donors (Lipinski definition) is 1. The summed E-state index contributed by atoms with van der Waals surface area (Å²) in [5.41, 5.74) is 4.12. The molecule has 2 heteroatoms. The van der Waals surface area contributed by atoms with Crippen molar-refractivity contribution >= 4 is 0 Å². The van der Waals surface area contributed by atoms with Crippen LogP contribution in [0.15, 0.2) is 18.2 Å². The Bertz CT molecular complexity index is 387. The summed E-state index contributed by atoms with van der Waals surface area (Å²) >= 11 is 0. The molecule has 1 aliphatic heterocycles. The van der Waals surface area contributed by atoms with Gasteiger partial charge in [0.25, 0.3) is 0 Å². The zero-order valence-corrected chi connectivity index (χ0v) is 11.1. The van der Waals surface area contributed by atoms with Crippen LogP contribution in [-0.4, -0.2) is 29.2 Å². The molecule has 17 heavy (non-hydrogen) atoms. The van der Waals surface area contributed by atoms with Gasteiger partial charge in [0.1, 0.15) is 0 Å². The largest absolute Gasteiger partial charge is 0.393 e. The molecular formula is C15H23NO. The Hall–Kier alpha value is -0.860. The second kappa shape index (κ2) is 5.19. The fourth-order valence-electron chi connectivity index (χ4n) is 2.56. The van der Waals surface area contributed by atoms with E-state index in [1.54, 1.807) is 0 Å². The minimum Gasteiger partial charge on any atom is -0.393 e. The quantitative estimate of drug-likeness (QED) is 0.867. The van der Waals surface area contributed by atoms with Crippen LogP contribution in [0.2, 0.25) is 0 Å². The van der Waals surface area contributed by atoms with Crippen LogP contribution in [0.1, 0.15) is 30.0 Å². The first-order chi connectivity index (χ1) is 8.06. The van der Waals surface area contributed by atoms with E-state index in [1.807, 2.05) is 6.92 Å². The van der Waals surface area contributed by atoms with Gasteiger partial charge in [0.15, 0.2) is 0 Å². The normalized spacial score (nSPS) is 22.9. The standard InChI is InChI=1S/C15H23NO/c1-11-4-5-14(8-12(11)2)9-16-7-6-15(10-16)13(3)17/h4-5,8,13,15,17H,6-7,9-10H2,1-3H3. The maximum absolute atomic E-state index is 9.59. The Labute approximate surface area is 104 Å². The topological polar surface area (TPSA) is 23.5 Å². The Morgan fingerprint density at radius 1 is 1.35 bits per heavy atom. The predicted molar refractivity (Wildman–Crippen MR) is 71.0 cm³/mol. The fraction of sp³-hybridized carbons (Fsp3) is 0.600. The average molecular weight is 233 g/mol. The lowest BCUT2D eigenvalue weighted by atomic mass is 10.0. The molecule has 0 amide bonds. The summed E-state index contributed by atoms with van der Waals surface area (Å²) in [6.45, 7) is 9.39. The Morgan fingerprint density at radius 3 is 2.71 bits per heavy atom.